The van der Waals surface area contributed by atoms with Crippen LogP contribution < -0.4 is 10.6 Å². The first-order valence-electron chi connectivity index (χ1n) is 7.09. The predicted octanol–water partition coefficient (Wildman–Crippen LogP) is 2.35. The number of alkyl halides is 3. The van der Waals surface area contributed by atoms with E-state index in [2.05, 4.69) is 10.6 Å². The molecule has 1 saturated carbocycles. The van der Waals surface area contributed by atoms with Crippen LogP contribution in [0.5, 0.6) is 0 Å². The Morgan fingerprint density at radius 1 is 1.15 bits per heavy atom. The number of rotatable bonds is 5. The third kappa shape index (κ3) is 3.33. The number of hydrogen-bond acceptors (Lipinski definition) is 2. The summed E-state index contributed by atoms with van der Waals surface area (Å²) in [5.41, 5.74) is 1.26. The maximum absolute atomic E-state index is 12.3. The van der Waals surface area contributed by atoms with E-state index in [9.17, 15) is 13.2 Å². The summed E-state index contributed by atoms with van der Waals surface area (Å²) >= 11 is 0. The second-order valence-electron chi connectivity index (χ2n) is 5.89. The van der Waals surface area contributed by atoms with Gasteiger partial charge in [-0.25, -0.2) is 0 Å². The van der Waals surface area contributed by atoms with Crippen molar-refractivity contribution in [1.29, 1.82) is 0 Å². The average molecular weight is 284 g/mol. The molecule has 1 aliphatic heterocycles. The SMILES string of the molecule is FC(F)(F)Cc1cccc(CNCC2C3CNCC23)c1. The third-order valence-electron chi connectivity index (χ3n) is 4.37. The van der Waals surface area contributed by atoms with Gasteiger partial charge in [-0.15, -0.1) is 0 Å². The zero-order valence-corrected chi connectivity index (χ0v) is 11.2. The van der Waals surface area contributed by atoms with Crippen molar-refractivity contribution < 1.29 is 13.2 Å². The number of piperidine rings is 1. The molecule has 1 saturated heterocycles. The number of fused-ring (bicyclic) bond motifs is 1. The van der Waals surface area contributed by atoms with Crippen LogP contribution in [-0.4, -0.2) is 25.8 Å². The Labute approximate surface area is 116 Å². The van der Waals surface area contributed by atoms with Crippen molar-refractivity contribution in [3.63, 3.8) is 0 Å². The molecule has 1 aromatic carbocycles. The Hall–Kier alpha value is -1.07. The van der Waals surface area contributed by atoms with Crippen LogP contribution in [0.2, 0.25) is 0 Å². The fourth-order valence-corrected chi connectivity index (χ4v) is 3.31. The summed E-state index contributed by atoms with van der Waals surface area (Å²) in [5, 5.41) is 6.73. The van der Waals surface area contributed by atoms with Crippen molar-refractivity contribution in [2.24, 2.45) is 17.8 Å². The fourth-order valence-electron chi connectivity index (χ4n) is 3.31. The van der Waals surface area contributed by atoms with Gasteiger partial charge in [0.1, 0.15) is 0 Å². The minimum atomic E-state index is -4.13. The molecule has 2 N–H and O–H groups in total. The largest absolute Gasteiger partial charge is 0.393 e. The molecular formula is C15H19F3N2. The first kappa shape index (κ1) is 13.9. The van der Waals surface area contributed by atoms with E-state index in [1.54, 1.807) is 12.1 Å². The summed E-state index contributed by atoms with van der Waals surface area (Å²) in [6, 6.07) is 6.76. The third-order valence-corrected chi connectivity index (χ3v) is 4.37. The summed E-state index contributed by atoms with van der Waals surface area (Å²) in [4.78, 5) is 0. The van der Waals surface area contributed by atoms with Crippen molar-refractivity contribution >= 4 is 0 Å². The van der Waals surface area contributed by atoms with Crippen molar-refractivity contribution in [2.75, 3.05) is 19.6 Å². The topological polar surface area (TPSA) is 24.1 Å². The van der Waals surface area contributed by atoms with E-state index in [0.29, 0.717) is 12.1 Å². The predicted molar refractivity (Wildman–Crippen MR) is 71.2 cm³/mol. The molecular weight excluding hydrogens is 265 g/mol. The van der Waals surface area contributed by atoms with Gasteiger partial charge in [-0.2, -0.15) is 13.2 Å². The summed E-state index contributed by atoms with van der Waals surface area (Å²) < 4.78 is 37.0. The summed E-state index contributed by atoms with van der Waals surface area (Å²) in [7, 11) is 0. The summed E-state index contributed by atoms with van der Waals surface area (Å²) in [6.45, 7) is 3.87. The molecule has 1 aliphatic carbocycles. The zero-order chi connectivity index (χ0) is 14.2. The molecule has 20 heavy (non-hydrogen) atoms. The molecule has 2 atom stereocenters. The number of benzene rings is 1. The van der Waals surface area contributed by atoms with E-state index >= 15 is 0 Å². The average Bonchev–Trinajstić information content (AvgIpc) is 2.81. The molecule has 1 heterocycles. The number of hydrogen-bond donors (Lipinski definition) is 2. The summed E-state index contributed by atoms with van der Waals surface area (Å²) in [6.07, 6.45) is -4.98. The van der Waals surface area contributed by atoms with Gasteiger partial charge in [0.25, 0.3) is 0 Å². The smallest absolute Gasteiger partial charge is 0.316 e. The van der Waals surface area contributed by atoms with E-state index in [4.69, 9.17) is 0 Å². The Kier molecular flexibility index (Phi) is 3.73. The quantitative estimate of drug-likeness (QED) is 0.867. The highest BCUT2D eigenvalue weighted by Crippen LogP contribution is 2.47. The van der Waals surface area contributed by atoms with Gasteiger partial charge < -0.3 is 10.6 Å². The minimum absolute atomic E-state index is 0.337. The Balaban J connectivity index is 1.46. The first-order chi connectivity index (χ1) is 9.53. The van der Waals surface area contributed by atoms with Crippen molar-refractivity contribution in [3.05, 3.63) is 35.4 Å². The van der Waals surface area contributed by atoms with Crippen LogP contribution in [0.4, 0.5) is 13.2 Å². The van der Waals surface area contributed by atoms with Crippen LogP contribution in [0.1, 0.15) is 11.1 Å². The Morgan fingerprint density at radius 2 is 1.85 bits per heavy atom. The lowest BCUT2D eigenvalue weighted by Crippen LogP contribution is -2.23. The van der Waals surface area contributed by atoms with Crippen LogP contribution in [0.3, 0.4) is 0 Å². The lowest BCUT2D eigenvalue weighted by molar-refractivity contribution is -0.127. The number of nitrogens with one attached hydrogen (secondary N) is 2. The molecule has 2 nitrogen and oxygen atoms in total. The monoisotopic (exact) mass is 284 g/mol. The lowest BCUT2D eigenvalue weighted by atomic mass is 10.1. The zero-order valence-electron chi connectivity index (χ0n) is 11.2. The second kappa shape index (κ2) is 5.37. The first-order valence-corrected chi connectivity index (χ1v) is 7.09. The van der Waals surface area contributed by atoms with E-state index in [1.165, 1.54) is 6.07 Å². The van der Waals surface area contributed by atoms with Gasteiger partial charge in [-0.3, -0.25) is 0 Å². The molecule has 0 amide bonds. The van der Waals surface area contributed by atoms with E-state index < -0.39 is 12.6 Å². The highest BCUT2D eigenvalue weighted by molar-refractivity contribution is 5.24. The van der Waals surface area contributed by atoms with Gasteiger partial charge in [0, 0.05) is 6.54 Å². The van der Waals surface area contributed by atoms with Gasteiger partial charge in [-0.1, -0.05) is 24.3 Å². The van der Waals surface area contributed by atoms with Gasteiger partial charge in [0.05, 0.1) is 6.42 Å². The summed E-state index contributed by atoms with van der Waals surface area (Å²) in [5.74, 6) is 2.40. The second-order valence-corrected chi connectivity index (χ2v) is 5.89. The van der Waals surface area contributed by atoms with Crippen molar-refractivity contribution in [3.8, 4) is 0 Å². The van der Waals surface area contributed by atoms with Crippen molar-refractivity contribution in [1.82, 2.24) is 10.6 Å². The lowest BCUT2D eigenvalue weighted by Gasteiger charge is -2.10. The molecule has 5 heteroatoms. The van der Waals surface area contributed by atoms with Crippen LogP contribution in [-0.2, 0) is 13.0 Å². The highest BCUT2D eigenvalue weighted by Gasteiger charge is 2.51. The molecule has 0 radical (unpaired) electrons. The van der Waals surface area contributed by atoms with E-state index in [1.807, 2.05) is 6.07 Å². The molecule has 0 aromatic heterocycles. The maximum Gasteiger partial charge on any atom is 0.393 e. The Morgan fingerprint density at radius 3 is 2.55 bits per heavy atom. The molecule has 0 bridgehead atoms. The van der Waals surface area contributed by atoms with Crippen LogP contribution in [0.15, 0.2) is 24.3 Å². The fraction of sp³-hybridized carbons (Fsp3) is 0.600. The highest BCUT2D eigenvalue weighted by atomic mass is 19.4. The van der Waals surface area contributed by atoms with Gasteiger partial charge in [0.15, 0.2) is 0 Å². The minimum Gasteiger partial charge on any atom is -0.316 e. The molecule has 2 fully saturated rings. The van der Waals surface area contributed by atoms with Gasteiger partial charge in [0.2, 0.25) is 0 Å². The van der Waals surface area contributed by atoms with E-state index in [0.717, 1.165) is 43.0 Å². The molecule has 110 valence electrons. The van der Waals surface area contributed by atoms with Crippen molar-refractivity contribution in [2.45, 2.75) is 19.1 Å². The molecule has 2 aliphatic rings. The molecule has 0 spiro atoms. The van der Waals surface area contributed by atoms with E-state index in [-0.39, 0.29) is 0 Å². The Bertz CT molecular complexity index is 462. The molecule has 1 aromatic rings. The van der Waals surface area contributed by atoms with Crippen LogP contribution in [0, 0.1) is 17.8 Å². The van der Waals surface area contributed by atoms with Crippen LogP contribution in [0.25, 0.3) is 0 Å². The van der Waals surface area contributed by atoms with Gasteiger partial charge >= 0.3 is 6.18 Å². The van der Waals surface area contributed by atoms with Gasteiger partial charge in [-0.05, 0) is 48.5 Å². The molecule has 2 unspecified atom stereocenters. The number of halogens is 3. The van der Waals surface area contributed by atoms with Crippen LogP contribution >= 0.6 is 0 Å². The maximum atomic E-state index is 12.3. The molecule has 3 rings (SSSR count). The standard InChI is InChI=1S/C15H19F3N2/c16-15(17,18)5-10-2-1-3-11(4-10)6-19-7-12-13-8-20-9-14(12)13/h1-4,12-14,19-20H,5-9H2. The normalized spacial score (nSPS) is 28.4.